The van der Waals surface area contributed by atoms with Crippen molar-refractivity contribution in [2.45, 2.75) is 20.8 Å². The molecule has 0 bridgehead atoms. The number of aryl methyl sites for hydroxylation is 1. The van der Waals surface area contributed by atoms with Gasteiger partial charge in [-0.15, -0.1) is 12.8 Å². The average Bonchev–Trinajstić information content (AvgIpc) is 2.47. The zero-order valence-electron chi connectivity index (χ0n) is 11.6. The van der Waals surface area contributed by atoms with Gasteiger partial charge in [0.1, 0.15) is 0 Å². The fourth-order valence-corrected chi connectivity index (χ4v) is 1.84. The maximum absolute atomic E-state index is 4.60. The number of fused-ring (bicyclic) bond motifs is 1. The summed E-state index contributed by atoms with van der Waals surface area (Å²) in [5.74, 6) is 0.793. The molecule has 0 atom stereocenters. The number of hydrogen-bond acceptors (Lipinski definition) is 2. The molecule has 0 unspecified atom stereocenters. The summed E-state index contributed by atoms with van der Waals surface area (Å²) < 4.78 is 0. The second-order valence-corrected chi connectivity index (χ2v) is 3.89. The van der Waals surface area contributed by atoms with Crippen LogP contribution in [-0.4, -0.2) is 9.97 Å². The first kappa shape index (κ1) is 14.7. The third-order valence-electron chi connectivity index (χ3n) is 2.71. The van der Waals surface area contributed by atoms with E-state index in [9.17, 15) is 0 Å². The molecule has 0 spiro atoms. The number of para-hydroxylation sites is 1. The van der Waals surface area contributed by atoms with E-state index in [1.54, 1.807) is 0 Å². The van der Waals surface area contributed by atoms with Gasteiger partial charge in [0.05, 0.1) is 5.52 Å². The van der Waals surface area contributed by atoms with Crippen LogP contribution >= 0.6 is 0 Å². The maximum atomic E-state index is 4.60. The van der Waals surface area contributed by atoms with Gasteiger partial charge in [-0.3, -0.25) is 0 Å². The Balaban J connectivity index is 0.000000861. The average molecular weight is 250 g/mol. The first-order valence-electron chi connectivity index (χ1n) is 6.12. The summed E-state index contributed by atoms with van der Waals surface area (Å²) >= 11 is 0. The number of hydrogen-bond donors (Lipinski definition) is 0. The second kappa shape index (κ2) is 7.13. The van der Waals surface area contributed by atoms with Crippen LogP contribution in [0.25, 0.3) is 16.5 Å². The van der Waals surface area contributed by atoms with Gasteiger partial charge in [-0.05, 0) is 26.8 Å². The van der Waals surface area contributed by atoms with Gasteiger partial charge in [-0.1, -0.05) is 36.4 Å². The van der Waals surface area contributed by atoms with Crippen molar-refractivity contribution in [1.29, 1.82) is 0 Å². The van der Waals surface area contributed by atoms with Crippen LogP contribution in [0.1, 0.15) is 25.4 Å². The van der Waals surface area contributed by atoms with Crippen molar-refractivity contribution in [3.05, 3.63) is 54.0 Å². The van der Waals surface area contributed by atoms with Gasteiger partial charge in [-0.2, -0.15) is 0 Å². The number of terminal acetylenes is 1. The number of allylic oxidation sites excluding steroid dienone is 4. The molecule has 2 rings (SSSR count). The molecule has 0 aliphatic carbocycles. The van der Waals surface area contributed by atoms with Crippen LogP contribution in [0, 0.1) is 19.8 Å². The largest absolute Gasteiger partial charge is 0.233 e. The number of benzene rings is 1. The van der Waals surface area contributed by atoms with Gasteiger partial charge in [0.15, 0.2) is 5.82 Å². The lowest BCUT2D eigenvalue weighted by molar-refractivity contribution is 1.11. The molecule has 0 saturated carbocycles. The zero-order chi connectivity index (χ0) is 14.3. The highest BCUT2D eigenvalue weighted by atomic mass is 14.9. The molecule has 1 aromatic carbocycles. The highest BCUT2D eigenvalue weighted by Crippen LogP contribution is 2.19. The van der Waals surface area contributed by atoms with Crippen molar-refractivity contribution in [3.63, 3.8) is 0 Å². The zero-order valence-corrected chi connectivity index (χ0v) is 11.6. The first-order valence-corrected chi connectivity index (χ1v) is 6.12. The summed E-state index contributed by atoms with van der Waals surface area (Å²) in [5, 5.41) is 1.12. The van der Waals surface area contributed by atoms with Gasteiger partial charge in [0, 0.05) is 16.7 Å². The molecular formula is C17H18N2. The van der Waals surface area contributed by atoms with Crippen LogP contribution in [0.5, 0.6) is 0 Å². The first-order chi connectivity index (χ1) is 9.26. The molecule has 96 valence electrons. The normalized spacial score (nSPS) is 11.3. The highest BCUT2D eigenvalue weighted by Gasteiger charge is 2.05. The van der Waals surface area contributed by atoms with Gasteiger partial charge >= 0.3 is 0 Å². The van der Waals surface area contributed by atoms with Crippen molar-refractivity contribution in [3.8, 4) is 12.8 Å². The molecule has 1 heterocycles. The minimum atomic E-state index is 0.793. The quantitative estimate of drug-likeness (QED) is 0.590. The summed E-state index contributed by atoms with van der Waals surface area (Å²) in [6, 6.07) is 8.10. The lowest BCUT2D eigenvalue weighted by atomic mass is 10.1. The fourth-order valence-electron chi connectivity index (χ4n) is 1.84. The Bertz CT molecular complexity index is 634. The monoisotopic (exact) mass is 250 g/mol. The van der Waals surface area contributed by atoms with E-state index in [1.165, 1.54) is 0 Å². The third kappa shape index (κ3) is 3.29. The van der Waals surface area contributed by atoms with Gasteiger partial charge in [-0.25, -0.2) is 9.97 Å². The molecule has 19 heavy (non-hydrogen) atoms. The molecule has 2 nitrogen and oxygen atoms in total. The van der Waals surface area contributed by atoms with Crippen LogP contribution in [0.3, 0.4) is 0 Å². The Morgan fingerprint density at radius 3 is 2.42 bits per heavy atom. The van der Waals surface area contributed by atoms with Crippen molar-refractivity contribution in [2.75, 3.05) is 0 Å². The molecule has 2 aromatic rings. The van der Waals surface area contributed by atoms with E-state index in [-0.39, 0.29) is 0 Å². The Labute approximate surface area is 114 Å². The van der Waals surface area contributed by atoms with Crippen molar-refractivity contribution >= 4 is 16.5 Å². The molecule has 1 aromatic heterocycles. The van der Waals surface area contributed by atoms with Gasteiger partial charge < -0.3 is 0 Å². The van der Waals surface area contributed by atoms with Crippen molar-refractivity contribution < 1.29 is 0 Å². The lowest BCUT2D eigenvalue weighted by Gasteiger charge is -2.05. The standard InChI is InChI=1S/C15H16N2.C2H2/c1-4-8-12(5-2)15-16-11(3)13-9-6-7-10-14(13)17-15;1-2/h4-10H,1-3H3;1-2H/b8-4-,12-5+;. The molecule has 0 aliphatic rings. The molecule has 0 aliphatic heterocycles. The number of rotatable bonds is 2. The summed E-state index contributed by atoms with van der Waals surface area (Å²) in [5.41, 5.74) is 3.08. The summed E-state index contributed by atoms with van der Waals surface area (Å²) in [7, 11) is 0. The molecular weight excluding hydrogens is 232 g/mol. The summed E-state index contributed by atoms with van der Waals surface area (Å²) in [4.78, 5) is 9.16. The van der Waals surface area contributed by atoms with E-state index >= 15 is 0 Å². The lowest BCUT2D eigenvalue weighted by Crippen LogP contribution is -1.96. The SMILES string of the molecule is C#C.C/C=C\C(=C/C)c1nc(C)c2ccccc2n1. The van der Waals surface area contributed by atoms with E-state index in [4.69, 9.17) is 0 Å². The molecule has 2 heteroatoms. The fraction of sp³-hybridized carbons (Fsp3) is 0.176. The molecule has 0 saturated heterocycles. The minimum absolute atomic E-state index is 0.793. The van der Waals surface area contributed by atoms with Crippen LogP contribution in [0.4, 0.5) is 0 Å². The predicted octanol–water partition coefficient (Wildman–Crippen LogP) is 4.17. The summed E-state index contributed by atoms with van der Waals surface area (Å²) in [6.07, 6.45) is 14.1. The highest BCUT2D eigenvalue weighted by molar-refractivity contribution is 5.83. The second-order valence-electron chi connectivity index (χ2n) is 3.89. The number of nitrogens with zero attached hydrogens (tertiary/aromatic N) is 2. The van der Waals surface area contributed by atoms with E-state index in [1.807, 2.05) is 57.2 Å². The van der Waals surface area contributed by atoms with E-state index < -0.39 is 0 Å². The van der Waals surface area contributed by atoms with E-state index in [0.29, 0.717) is 0 Å². The van der Waals surface area contributed by atoms with Crippen molar-refractivity contribution in [1.82, 2.24) is 9.97 Å². The van der Waals surface area contributed by atoms with Gasteiger partial charge in [0.25, 0.3) is 0 Å². The molecule has 0 amide bonds. The minimum Gasteiger partial charge on any atom is -0.233 e. The number of aromatic nitrogens is 2. The Morgan fingerprint density at radius 1 is 1.11 bits per heavy atom. The van der Waals surface area contributed by atoms with Crippen molar-refractivity contribution in [2.24, 2.45) is 0 Å². The third-order valence-corrected chi connectivity index (χ3v) is 2.71. The molecule has 0 radical (unpaired) electrons. The predicted molar refractivity (Wildman–Crippen MR) is 82.6 cm³/mol. The molecule has 0 fully saturated rings. The van der Waals surface area contributed by atoms with E-state index in [0.717, 1.165) is 28.0 Å². The van der Waals surface area contributed by atoms with Gasteiger partial charge in [0.2, 0.25) is 0 Å². The Kier molecular flexibility index (Phi) is 5.50. The smallest absolute Gasteiger partial charge is 0.159 e. The van der Waals surface area contributed by atoms with Crippen LogP contribution < -0.4 is 0 Å². The Hall–Kier alpha value is -2.40. The topological polar surface area (TPSA) is 25.8 Å². The van der Waals surface area contributed by atoms with Crippen LogP contribution in [0.2, 0.25) is 0 Å². The summed E-state index contributed by atoms with van der Waals surface area (Å²) in [6.45, 7) is 6.02. The van der Waals surface area contributed by atoms with Crippen LogP contribution in [0.15, 0.2) is 42.5 Å². The maximum Gasteiger partial charge on any atom is 0.159 e. The Morgan fingerprint density at radius 2 is 1.79 bits per heavy atom. The van der Waals surface area contributed by atoms with Crippen LogP contribution in [-0.2, 0) is 0 Å². The van der Waals surface area contributed by atoms with E-state index in [2.05, 4.69) is 28.9 Å². The molecule has 0 N–H and O–H groups in total.